The van der Waals surface area contributed by atoms with Crippen LogP contribution in [0.4, 0.5) is 0 Å². The van der Waals surface area contributed by atoms with Crippen LogP contribution in [-0.4, -0.2) is 36.6 Å². The Kier molecular flexibility index (Phi) is 5.05. The summed E-state index contributed by atoms with van der Waals surface area (Å²) in [6, 6.07) is 6.63. The third-order valence-corrected chi connectivity index (χ3v) is 3.58. The van der Waals surface area contributed by atoms with Crippen LogP contribution in [0.5, 0.6) is 34.5 Å². The molecule has 0 spiro atoms. The second-order valence-electron chi connectivity index (χ2n) is 5.01. The van der Waals surface area contributed by atoms with Gasteiger partial charge in [0.05, 0.1) is 21.3 Å². The minimum atomic E-state index is -0.274. The zero-order valence-corrected chi connectivity index (χ0v) is 13.3. The van der Waals surface area contributed by atoms with Crippen molar-refractivity contribution in [2.45, 2.75) is 12.8 Å². The van der Waals surface area contributed by atoms with Gasteiger partial charge in [-0.1, -0.05) is 0 Å². The molecule has 0 saturated heterocycles. The van der Waals surface area contributed by atoms with E-state index >= 15 is 0 Å². The maximum atomic E-state index is 9.91. The van der Waals surface area contributed by atoms with Crippen LogP contribution in [0.25, 0.3) is 0 Å². The van der Waals surface area contributed by atoms with Crippen LogP contribution in [0, 0.1) is 0 Å². The van der Waals surface area contributed by atoms with Crippen molar-refractivity contribution in [2.24, 2.45) is 0 Å². The van der Waals surface area contributed by atoms with Crippen LogP contribution in [0.3, 0.4) is 0 Å². The van der Waals surface area contributed by atoms with E-state index in [1.54, 1.807) is 18.2 Å². The van der Waals surface area contributed by atoms with Crippen LogP contribution < -0.4 is 14.2 Å². The highest BCUT2D eigenvalue weighted by atomic mass is 16.5. The lowest BCUT2D eigenvalue weighted by Crippen LogP contribution is -1.96. The third kappa shape index (κ3) is 3.53. The van der Waals surface area contributed by atoms with Crippen LogP contribution >= 0.6 is 0 Å². The zero-order chi connectivity index (χ0) is 17.0. The molecule has 6 nitrogen and oxygen atoms in total. The molecular weight excluding hydrogens is 300 g/mol. The molecule has 2 aromatic carbocycles. The van der Waals surface area contributed by atoms with Gasteiger partial charge >= 0.3 is 0 Å². The first-order chi connectivity index (χ1) is 11.0. The van der Waals surface area contributed by atoms with Gasteiger partial charge in [-0.05, 0) is 48.2 Å². The number of aromatic hydroxyl groups is 3. The molecule has 0 atom stereocenters. The molecular formula is C17H20O6. The Balaban J connectivity index is 2.23. The highest BCUT2D eigenvalue weighted by molar-refractivity contribution is 5.54. The Bertz CT molecular complexity index is 671. The molecule has 0 fully saturated rings. The van der Waals surface area contributed by atoms with Crippen molar-refractivity contribution in [1.29, 1.82) is 0 Å². The van der Waals surface area contributed by atoms with E-state index in [0.717, 1.165) is 11.1 Å². The normalized spacial score (nSPS) is 10.4. The smallest absolute Gasteiger partial charge is 0.200 e. The van der Waals surface area contributed by atoms with Gasteiger partial charge in [-0.15, -0.1) is 0 Å². The van der Waals surface area contributed by atoms with Gasteiger partial charge in [-0.3, -0.25) is 0 Å². The summed E-state index contributed by atoms with van der Waals surface area (Å²) in [7, 11) is 4.37. The maximum absolute atomic E-state index is 9.91. The second kappa shape index (κ2) is 7.00. The molecule has 0 aliphatic heterocycles. The number of rotatable bonds is 6. The Labute approximate surface area is 134 Å². The summed E-state index contributed by atoms with van der Waals surface area (Å²) in [5, 5.41) is 29.3. The second-order valence-corrected chi connectivity index (χ2v) is 5.01. The van der Waals surface area contributed by atoms with E-state index in [0.29, 0.717) is 24.3 Å². The molecule has 6 heteroatoms. The number of phenolic OH excluding ortho intramolecular Hbond substituents is 3. The van der Waals surface area contributed by atoms with Crippen molar-refractivity contribution < 1.29 is 29.5 Å². The summed E-state index contributed by atoms with van der Waals surface area (Å²) in [4.78, 5) is 0. The van der Waals surface area contributed by atoms with Crippen molar-refractivity contribution in [3.05, 3.63) is 35.4 Å². The summed E-state index contributed by atoms with van der Waals surface area (Å²) in [6.45, 7) is 0. The van der Waals surface area contributed by atoms with Gasteiger partial charge < -0.3 is 29.5 Å². The summed E-state index contributed by atoms with van der Waals surface area (Å²) in [5.41, 5.74) is 1.71. The van der Waals surface area contributed by atoms with E-state index < -0.39 is 0 Å². The van der Waals surface area contributed by atoms with E-state index in [-0.39, 0.29) is 23.0 Å². The lowest BCUT2D eigenvalue weighted by molar-refractivity contribution is 0.339. The SMILES string of the molecule is COc1cc(CCc2cc(OC)c(O)c(OC)c2)cc(O)c1O. The highest BCUT2D eigenvalue weighted by Gasteiger charge is 2.13. The summed E-state index contributed by atoms with van der Waals surface area (Å²) in [6.07, 6.45) is 1.22. The van der Waals surface area contributed by atoms with Crippen molar-refractivity contribution in [3.8, 4) is 34.5 Å². The lowest BCUT2D eigenvalue weighted by atomic mass is 10.0. The number of hydrogen-bond donors (Lipinski definition) is 3. The summed E-state index contributed by atoms with van der Waals surface area (Å²) < 4.78 is 15.3. The molecule has 23 heavy (non-hydrogen) atoms. The molecule has 3 N–H and O–H groups in total. The molecule has 0 aromatic heterocycles. The van der Waals surface area contributed by atoms with Crippen LogP contribution in [0.15, 0.2) is 24.3 Å². The maximum Gasteiger partial charge on any atom is 0.200 e. The topological polar surface area (TPSA) is 88.4 Å². The Morgan fingerprint density at radius 1 is 0.652 bits per heavy atom. The number of ether oxygens (including phenoxy) is 3. The number of aryl methyl sites for hydroxylation is 2. The van der Waals surface area contributed by atoms with E-state index in [9.17, 15) is 15.3 Å². The molecule has 0 aliphatic carbocycles. The standard InChI is InChI=1S/C17H20O6/c1-21-13-7-10(6-12(18)16(13)19)4-5-11-8-14(22-2)17(20)15(9-11)23-3/h6-9,18-20H,4-5H2,1-3H3. The summed E-state index contributed by atoms with van der Waals surface area (Å²) in [5.74, 6) is 0.365. The molecule has 2 rings (SSSR count). The highest BCUT2D eigenvalue weighted by Crippen LogP contribution is 2.38. The quantitative estimate of drug-likeness (QED) is 0.709. The number of hydrogen-bond acceptors (Lipinski definition) is 6. The van der Waals surface area contributed by atoms with Crippen LogP contribution in [0.2, 0.25) is 0 Å². The Hall–Kier alpha value is -2.76. The molecule has 0 unspecified atom stereocenters. The molecule has 0 amide bonds. The fourth-order valence-electron chi connectivity index (χ4n) is 2.33. The van der Waals surface area contributed by atoms with E-state index in [1.807, 2.05) is 0 Å². The largest absolute Gasteiger partial charge is 0.504 e. The molecule has 124 valence electrons. The number of benzene rings is 2. The number of methoxy groups -OCH3 is 3. The predicted octanol–water partition coefficient (Wildman–Crippen LogP) is 2.61. The average molecular weight is 320 g/mol. The van der Waals surface area contributed by atoms with Crippen molar-refractivity contribution >= 4 is 0 Å². The van der Waals surface area contributed by atoms with Gasteiger partial charge in [0.15, 0.2) is 23.0 Å². The first-order valence-electron chi connectivity index (χ1n) is 7.02. The molecule has 0 bridgehead atoms. The van der Waals surface area contributed by atoms with E-state index in [4.69, 9.17) is 14.2 Å². The van der Waals surface area contributed by atoms with Crippen molar-refractivity contribution in [2.75, 3.05) is 21.3 Å². The first-order valence-corrected chi connectivity index (χ1v) is 7.02. The molecule has 0 heterocycles. The van der Waals surface area contributed by atoms with Crippen molar-refractivity contribution in [1.82, 2.24) is 0 Å². The molecule has 0 saturated carbocycles. The van der Waals surface area contributed by atoms with E-state index in [1.165, 1.54) is 27.4 Å². The Morgan fingerprint density at radius 2 is 1.04 bits per heavy atom. The van der Waals surface area contributed by atoms with Crippen molar-refractivity contribution in [3.63, 3.8) is 0 Å². The van der Waals surface area contributed by atoms with Gasteiger partial charge in [-0.2, -0.15) is 0 Å². The van der Waals surface area contributed by atoms with Gasteiger partial charge in [0, 0.05) is 0 Å². The van der Waals surface area contributed by atoms with Gasteiger partial charge in [0.1, 0.15) is 0 Å². The average Bonchev–Trinajstić information content (AvgIpc) is 2.56. The first kappa shape index (κ1) is 16.6. The van der Waals surface area contributed by atoms with Crippen LogP contribution in [0.1, 0.15) is 11.1 Å². The predicted molar refractivity (Wildman–Crippen MR) is 84.9 cm³/mol. The third-order valence-electron chi connectivity index (χ3n) is 3.58. The molecule has 2 aromatic rings. The fraction of sp³-hybridized carbons (Fsp3) is 0.294. The summed E-state index contributed by atoms with van der Waals surface area (Å²) >= 11 is 0. The fourth-order valence-corrected chi connectivity index (χ4v) is 2.33. The number of phenols is 3. The monoisotopic (exact) mass is 320 g/mol. The van der Waals surface area contributed by atoms with E-state index in [2.05, 4.69) is 0 Å². The minimum absolute atomic E-state index is 0.0392. The Morgan fingerprint density at radius 3 is 1.48 bits per heavy atom. The molecule has 0 radical (unpaired) electrons. The minimum Gasteiger partial charge on any atom is -0.504 e. The van der Waals surface area contributed by atoms with Gasteiger partial charge in [0.2, 0.25) is 11.5 Å². The zero-order valence-electron chi connectivity index (χ0n) is 13.3. The van der Waals surface area contributed by atoms with Gasteiger partial charge in [-0.25, -0.2) is 0 Å². The van der Waals surface area contributed by atoms with Gasteiger partial charge in [0.25, 0.3) is 0 Å². The van der Waals surface area contributed by atoms with Crippen LogP contribution in [-0.2, 0) is 12.8 Å². The molecule has 0 aliphatic rings. The lowest BCUT2D eigenvalue weighted by Gasteiger charge is -2.12.